The summed E-state index contributed by atoms with van der Waals surface area (Å²) in [5.41, 5.74) is 0.178. The minimum Gasteiger partial charge on any atom is -0.479 e. The molecule has 1 atom stereocenters. The van der Waals surface area contributed by atoms with E-state index in [9.17, 15) is 14.7 Å². The van der Waals surface area contributed by atoms with E-state index in [1.807, 2.05) is 24.3 Å². The van der Waals surface area contributed by atoms with Gasteiger partial charge in [0.25, 0.3) is 0 Å². The highest BCUT2D eigenvalue weighted by molar-refractivity contribution is 8.01. The third-order valence-electron chi connectivity index (χ3n) is 4.97. The van der Waals surface area contributed by atoms with Gasteiger partial charge < -0.3 is 10.0 Å². The molecule has 0 bridgehead atoms. The molecule has 0 aromatic heterocycles. The molecule has 1 fully saturated rings. The molecule has 2 aliphatic rings. The van der Waals surface area contributed by atoms with Crippen molar-refractivity contribution in [3.05, 3.63) is 29.8 Å². The highest BCUT2D eigenvalue weighted by Crippen LogP contribution is 2.40. The standard InChI is InChI=1S/C17H21NO3S/c1-18(17(16(20)21)9-5-2-6-10-17)15(19)14-11-12-7-3-4-8-13(12)22-14/h3-4,7-8,14H,2,5-6,9-11H2,1H3,(H,20,21). The number of hydrogen-bond donors (Lipinski definition) is 1. The van der Waals surface area contributed by atoms with Crippen LogP contribution in [0.4, 0.5) is 0 Å². The minimum atomic E-state index is -1.01. The van der Waals surface area contributed by atoms with E-state index in [0.29, 0.717) is 19.3 Å². The molecule has 0 saturated heterocycles. The second-order valence-corrected chi connectivity index (χ2v) is 7.46. The molecular formula is C17H21NO3S. The number of amides is 1. The van der Waals surface area contributed by atoms with Gasteiger partial charge in [-0.2, -0.15) is 0 Å². The molecule has 4 nitrogen and oxygen atoms in total. The van der Waals surface area contributed by atoms with Crippen LogP contribution in [0.3, 0.4) is 0 Å². The molecule has 1 unspecified atom stereocenters. The number of likely N-dealkylation sites (N-methyl/N-ethyl adjacent to an activating group) is 1. The third-order valence-corrected chi connectivity index (χ3v) is 6.28. The molecule has 1 aliphatic carbocycles. The first-order valence-electron chi connectivity index (χ1n) is 7.80. The van der Waals surface area contributed by atoms with Crippen molar-refractivity contribution in [2.45, 2.75) is 54.2 Å². The van der Waals surface area contributed by atoms with E-state index in [1.165, 1.54) is 10.5 Å². The summed E-state index contributed by atoms with van der Waals surface area (Å²) in [7, 11) is 1.67. The maximum Gasteiger partial charge on any atom is 0.329 e. The number of rotatable bonds is 3. The van der Waals surface area contributed by atoms with Gasteiger partial charge in [-0.25, -0.2) is 4.79 Å². The van der Waals surface area contributed by atoms with Gasteiger partial charge in [-0.1, -0.05) is 37.5 Å². The highest BCUT2D eigenvalue weighted by atomic mass is 32.2. The lowest BCUT2D eigenvalue weighted by molar-refractivity contribution is -0.160. The highest BCUT2D eigenvalue weighted by Gasteiger charge is 2.47. The van der Waals surface area contributed by atoms with Crippen molar-refractivity contribution in [1.82, 2.24) is 4.90 Å². The lowest BCUT2D eigenvalue weighted by Gasteiger charge is -2.41. The molecular weight excluding hydrogens is 298 g/mol. The maximum absolute atomic E-state index is 12.9. The van der Waals surface area contributed by atoms with Crippen LogP contribution in [0.25, 0.3) is 0 Å². The van der Waals surface area contributed by atoms with Crippen molar-refractivity contribution in [2.75, 3.05) is 7.05 Å². The Balaban J connectivity index is 1.78. The molecule has 1 aliphatic heterocycles. The lowest BCUT2D eigenvalue weighted by atomic mass is 9.80. The summed E-state index contributed by atoms with van der Waals surface area (Å²) in [6, 6.07) is 8.03. The first kappa shape index (κ1) is 15.4. The smallest absolute Gasteiger partial charge is 0.329 e. The molecule has 5 heteroatoms. The van der Waals surface area contributed by atoms with Crippen LogP contribution in [0.1, 0.15) is 37.7 Å². The zero-order valence-electron chi connectivity index (χ0n) is 12.7. The molecule has 1 aromatic carbocycles. The largest absolute Gasteiger partial charge is 0.479 e. The van der Waals surface area contributed by atoms with Crippen LogP contribution in [0.15, 0.2) is 29.2 Å². The van der Waals surface area contributed by atoms with Gasteiger partial charge in [0, 0.05) is 11.9 Å². The number of hydrogen-bond acceptors (Lipinski definition) is 3. The van der Waals surface area contributed by atoms with Gasteiger partial charge in [0.05, 0.1) is 5.25 Å². The van der Waals surface area contributed by atoms with Gasteiger partial charge in [0.15, 0.2) is 0 Å². The van der Waals surface area contributed by atoms with Crippen LogP contribution < -0.4 is 0 Å². The average molecular weight is 319 g/mol. The van der Waals surface area contributed by atoms with Gasteiger partial charge in [-0.3, -0.25) is 4.79 Å². The number of thioether (sulfide) groups is 1. The van der Waals surface area contributed by atoms with Gasteiger partial charge in [-0.15, -0.1) is 11.8 Å². The Bertz CT molecular complexity index is 570. The zero-order chi connectivity index (χ0) is 15.7. The number of carboxylic acid groups (broad SMARTS) is 1. The van der Waals surface area contributed by atoms with E-state index in [0.717, 1.165) is 24.2 Å². The third kappa shape index (κ3) is 2.51. The first-order valence-corrected chi connectivity index (χ1v) is 8.68. The number of aliphatic carboxylic acids is 1. The first-order chi connectivity index (χ1) is 10.5. The van der Waals surface area contributed by atoms with Crippen LogP contribution in [0, 0.1) is 0 Å². The topological polar surface area (TPSA) is 57.6 Å². The molecule has 1 heterocycles. The lowest BCUT2D eigenvalue weighted by Crippen LogP contribution is -2.58. The predicted molar refractivity (Wildman–Crippen MR) is 86.0 cm³/mol. The van der Waals surface area contributed by atoms with Crippen molar-refractivity contribution in [1.29, 1.82) is 0 Å². The quantitative estimate of drug-likeness (QED) is 0.930. The Kier molecular flexibility index (Phi) is 4.17. The molecule has 1 amide bonds. The normalized spacial score (nSPS) is 22.9. The summed E-state index contributed by atoms with van der Waals surface area (Å²) < 4.78 is 0. The summed E-state index contributed by atoms with van der Waals surface area (Å²) in [6.07, 6.45) is 4.63. The number of fused-ring (bicyclic) bond motifs is 1. The summed E-state index contributed by atoms with van der Waals surface area (Å²) in [6.45, 7) is 0. The van der Waals surface area contributed by atoms with Crippen LogP contribution >= 0.6 is 11.8 Å². The van der Waals surface area contributed by atoms with E-state index in [-0.39, 0.29) is 11.2 Å². The molecule has 1 N–H and O–H groups in total. The molecule has 1 saturated carbocycles. The molecule has 0 radical (unpaired) electrons. The van der Waals surface area contributed by atoms with Crippen molar-refractivity contribution >= 4 is 23.6 Å². The molecule has 1 aromatic rings. The summed E-state index contributed by atoms with van der Waals surface area (Å²) in [5, 5.41) is 9.53. The van der Waals surface area contributed by atoms with Gasteiger partial charge >= 0.3 is 5.97 Å². The van der Waals surface area contributed by atoms with E-state index < -0.39 is 11.5 Å². The Morgan fingerprint density at radius 3 is 2.55 bits per heavy atom. The molecule has 0 spiro atoms. The SMILES string of the molecule is CN(C(=O)C1Cc2ccccc2S1)C1(C(=O)O)CCCCC1. The van der Waals surface area contributed by atoms with Crippen molar-refractivity contribution < 1.29 is 14.7 Å². The summed E-state index contributed by atoms with van der Waals surface area (Å²) >= 11 is 1.56. The van der Waals surface area contributed by atoms with Crippen LogP contribution in [0.5, 0.6) is 0 Å². The monoisotopic (exact) mass is 319 g/mol. The summed E-state index contributed by atoms with van der Waals surface area (Å²) in [5.74, 6) is -0.908. The number of carboxylic acids is 1. The summed E-state index contributed by atoms with van der Waals surface area (Å²) in [4.78, 5) is 27.4. The zero-order valence-corrected chi connectivity index (χ0v) is 13.6. The molecule has 118 valence electrons. The predicted octanol–water partition coefficient (Wildman–Crippen LogP) is 2.95. The van der Waals surface area contributed by atoms with Crippen LogP contribution in [-0.2, 0) is 16.0 Å². The van der Waals surface area contributed by atoms with Crippen molar-refractivity contribution in [2.24, 2.45) is 0 Å². The second-order valence-electron chi connectivity index (χ2n) is 6.21. The van der Waals surface area contributed by atoms with E-state index >= 15 is 0 Å². The molecule has 22 heavy (non-hydrogen) atoms. The maximum atomic E-state index is 12.9. The second kappa shape index (κ2) is 5.95. The van der Waals surface area contributed by atoms with Gasteiger partial charge in [-0.05, 0) is 30.9 Å². The van der Waals surface area contributed by atoms with Crippen LogP contribution in [0.2, 0.25) is 0 Å². The average Bonchev–Trinajstić information content (AvgIpc) is 2.98. The van der Waals surface area contributed by atoms with Gasteiger partial charge in [0.2, 0.25) is 5.91 Å². The van der Waals surface area contributed by atoms with Gasteiger partial charge in [0.1, 0.15) is 5.54 Å². The fourth-order valence-electron chi connectivity index (χ4n) is 3.58. The Morgan fingerprint density at radius 1 is 1.23 bits per heavy atom. The van der Waals surface area contributed by atoms with Crippen molar-refractivity contribution in [3.8, 4) is 0 Å². The van der Waals surface area contributed by atoms with Crippen LogP contribution in [-0.4, -0.2) is 39.7 Å². The fraction of sp³-hybridized carbons (Fsp3) is 0.529. The number of carbonyl (C=O) groups excluding carboxylic acids is 1. The van der Waals surface area contributed by atoms with E-state index in [2.05, 4.69) is 0 Å². The van der Waals surface area contributed by atoms with E-state index in [4.69, 9.17) is 0 Å². The minimum absolute atomic E-state index is 0.0505. The number of nitrogens with zero attached hydrogens (tertiary/aromatic N) is 1. The Hall–Kier alpha value is -1.49. The van der Waals surface area contributed by atoms with E-state index in [1.54, 1.807) is 18.8 Å². The fourth-order valence-corrected chi connectivity index (χ4v) is 4.86. The molecule has 3 rings (SSSR count). The Labute approximate surface area is 134 Å². The number of carbonyl (C=O) groups is 2. The number of benzene rings is 1. The van der Waals surface area contributed by atoms with Crippen molar-refractivity contribution in [3.63, 3.8) is 0 Å². The Morgan fingerprint density at radius 2 is 1.91 bits per heavy atom.